The predicted molar refractivity (Wildman–Crippen MR) is 89.7 cm³/mol. The predicted octanol–water partition coefficient (Wildman–Crippen LogP) is 3.02. The zero-order valence-corrected chi connectivity index (χ0v) is 13.2. The summed E-state index contributed by atoms with van der Waals surface area (Å²) in [5.74, 6) is 0.962. The standard InChI is InChI=1S/C18H20N4O/c1-2-14-11-18(22-17(21-14)7-9-20-22)19-12-16-15-6-4-3-5-13(15)8-10-23-16/h3-7,9,11,16,19H,2,8,10,12H2,1H3/t16-/m1/s1. The molecule has 0 amide bonds. The molecule has 23 heavy (non-hydrogen) atoms. The van der Waals surface area contributed by atoms with Gasteiger partial charge in [-0.25, -0.2) is 4.98 Å². The van der Waals surface area contributed by atoms with Crippen molar-refractivity contribution in [1.29, 1.82) is 0 Å². The third-order valence-electron chi connectivity index (χ3n) is 4.34. The average molecular weight is 308 g/mol. The fourth-order valence-corrected chi connectivity index (χ4v) is 3.12. The number of aryl methyl sites for hydroxylation is 1. The van der Waals surface area contributed by atoms with Crippen LogP contribution in [0.15, 0.2) is 42.6 Å². The summed E-state index contributed by atoms with van der Waals surface area (Å²) >= 11 is 0. The van der Waals surface area contributed by atoms with Crippen molar-refractivity contribution in [1.82, 2.24) is 14.6 Å². The number of nitrogens with one attached hydrogen (secondary N) is 1. The first kappa shape index (κ1) is 14.2. The quantitative estimate of drug-likeness (QED) is 0.805. The zero-order chi connectivity index (χ0) is 15.6. The molecule has 3 aromatic rings. The number of benzene rings is 1. The van der Waals surface area contributed by atoms with Gasteiger partial charge in [-0.05, 0) is 24.0 Å². The highest BCUT2D eigenvalue weighted by Crippen LogP contribution is 2.27. The topological polar surface area (TPSA) is 51.5 Å². The van der Waals surface area contributed by atoms with E-state index in [1.54, 1.807) is 6.20 Å². The molecule has 1 aliphatic heterocycles. The second-order valence-corrected chi connectivity index (χ2v) is 5.78. The third-order valence-corrected chi connectivity index (χ3v) is 4.34. The van der Waals surface area contributed by atoms with Crippen LogP contribution in [0.1, 0.15) is 29.8 Å². The van der Waals surface area contributed by atoms with Crippen LogP contribution in [0.4, 0.5) is 5.82 Å². The Bertz CT molecular complexity index is 827. The van der Waals surface area contributed by atoms with E-state index in [4.69, 9.17) is 4.74 Å². The van der Waals surface area contributed by atoms with Crippen molar-refractivity contribution in [3.8, 4) is 0 Å². The lowest BCUT2D eigenvalue weighted by Crippen LogP contribution is -2.23. The first-order chi connectivity index (χ1) is 11.3. The normalized spacial score (nSPS) is 17.2. The van der Waals surface area contributed by atoms with Gasteiger partial charge >= 0.3 is 0 Å². The van der Waals surface area contributed by atoms with Crippen molar-refractivity contribution in [2.45, 2.75) is 25.9 Å². The Balaban J connectivity index is 1.59. The molecule has 0 radical (unpaired) electrons. The summed E-state index contributed by atoms with van der Waals surface area (Å²) in [5.41, 5.74) is 4.61. The lowest BCUT2D eigenvalue weighted by molar-refractivity contribution is 0.0513. The SMILES string of the molecule is CCc1cc(NC[C@H]2OCCc3ccccc32)n2nccc2n1. The fourth-order valence-electron chi connectivity index (χ4n) is 3.12. The van der Waals surface area contributed by atoms with Gasteiger partial charge in [0.2, 0.25) is 0 Å². The molecule has 0 aliphatic carbocycles. The summed E-state index contributed by atoms with van der Waals surface area (Å²) in [6.07, 6.45) is 3.74. The molecular formula is C18H20N4O. The second-order valence-electron chi connectivity index (χ2n) is 5.78. The van der Waals surface area contributed by atoms with Crippen LogP contribution in [0, 0.1) is 0 Å². The van der Waals surface area contributed by atoms with Crippen LogP contribution >= 0.6 is 0 Å². The monoisotopic (exact) mass is 308 g/mol. The highest BCUT2D eigenvalue weighted by atomic mass is 16.5. The number of anilines is 1. The Labute approximate surface area is 135 Å². The minimum absolute atomic E-state index is 0.0730. The Kier molecular flexibility index (Phi) is 3.71. The summed E-state index contributed by atoms with van der Waals surface area (Å²) < 4.78 is 7.81. The third kappa shape index (κ3) is 2.68. The van der Waals surface area contributed by atoms with Crippen LogP contribution in [0.25, 0.3) is 5.65 Å². The summed E-state index contributed by atoms with van der Waals surface area (Å²) in [7, 11) is 0. The molecule has 0 saturated carbocycles. The maximum Gasteiger partial charge on any atom is 0.157 e. The first-order valence-corrected chi connectivity index (χ1v) is 8.12. The van der Waals surface area contributed by atoms with Crippen molar-refractivity contribution in [3.63, 3.8) is 0 Å². The fraction of sp³-hybridized carbons (Fsp3) is 0.333. The Morgan fingerprint density at radius 3 is 3.13 bits per heavy atom. The minimum Gasteiger partial charge on any atom is -0.371 e. The maximum atomic E-state index is 5.97. The molecule has 0 spiro atoms. The number of fused-ring (bicyclic) bond motifs is 2. The van der Waals surface area contributed by atoms with E-state index >= 15 is 0 Å². The molecule has 4 rings (SSSR count). The number of nitrogens with zero attached hydrogens (tertiary/aromatic N) is 3. The van der Waals surface area contributed by atoms with Gasteiger partial charge in [0.15, 0.2) is 5.65 Å². The van der Waals surface area contributed by atoms with Crippen molar-refractivity contribution in [3.05, 3.63) is 59.4 Å². The number of rotatable bonds is 4. The number of ether oxygens (including phenoxy) is 1. The Morgan fingerprint density at radius 1 is 1.30 bits per heavy atom. The first-order valence-electron chi connectivity index (χ1n) is 8.12. The molecule has 0 unspecified atom stereocenters. The van der Waals surface area contributed by atoms with Gasteiger partial charge < -0.3 is 10.1 Å². The van der Waals surface area contributed by atoms with Gasteiger partial charge in [0, 0.05) is 24.4 Å². The number of aromatic nitrogens is 3. The molecule has 1 N–H and O–H groups in total. The Morgan fingerprint density at radius 2 is 2.22 bits per heavy atom. The summed E-state index contributed by atoms with van der Waals surface area (Å²) in [5, 5.41) is 7.85. The van der Waals surface area contributed by atoms with Crippen LogP contribution < -0.4 is 5.32 Å². The van der Waals surface area contributed by atoms with Crippen molar-refractivity contribution in [2.75, 3.05) is 18.5 Å². The van der Waals surface area contributed by atoms with Gasteiger partial charge in [0.05, 0.1) is 18.9 Å². The molecule has 5 nitrogen and oxygen atoms in total. The van der Waals surface area contributed by atoms with Gasteiger partial charge in [-0.1, -0.05) is 31.2 Å². The molecule has 1 aromatic carbocycles. The maximum absolute atomic E-state index is 5.97. The van der Waals surface area contributed by atoms with Crippen LogP contribution in [0.3, 0.4) is 0 Å². The lowest BCUT2D eigenvalue weighted by Gasteiger charge is -2.26. The van der Waals surface area contributed by atoms with Gasteiger partial charge in [-0.3, -0.25) is 0 Å². The summed E-state index contributed by atoms with van der Waals surface area (Å²) in [4.78, 5) is 4.57. The molecular weight excluding hydrogens is 288 g/mol. The van der Waals surface area contributed by atoms with E-state index in [0.29, 0.717) is 0 Å². The van der Waals surface area contributed by atoms with Gasteiger partial charge in [-0.2, -0.15) is 9.61 Å². The molecule has 2 aromatic heterocycles. The van der Waals surface area contributed by atoms with Gasteiger partial charge in [0.25, 0.3) is 0 Å². The van der Waals surface area contributed by atoms with Crippen molar-refractivity contribution < 1.29 is 4.74 Å². The van der Waals surface area contributed by atoms with Crippen LogP contribution in [-0.4, -0.2) is 27.7 Å². The van der Waals surface area contributed by atoms with Gasteiger partial charge in [-0.15, -0.1) is 0 Å². The molecule has 0 bridgehead atoms. The van der Waals surface area contributed by atoms with E-state index in [9.17, 15) is 0 Å². The summed E-state index contributed by atoms with van der Waals surface area (Å²) in [6.45, 7) is 3.61. The van der Waals surface area contributed by atoms with E-state index in [0.717, 1.165) is 43.2 Å². The molecule has 0 fully saturated rings. The second kappa shape index (κ2) is 6.01. The largest absolute Gasteiger partial charge is 0.371 e. The molecule has 5 heteroatoms. The van der Waals surface area contributed by atoms with Crippen LogP contribution in [0.2, 0.25) is 0 Å². The van der Waals surface area contributed by atoms with Gasteiger partial charge in [0.1, 0.15) is 5.82 Å². The molecule has 3 heterocycles. The van der Waals surface area contributed by atoms with E-state index in [2.05, 4.69) is 52.7 Å². The highest BCUT2D eigenvalue weighted by molar-refractivity contribution is 5.49. The molecule has 118 valence electrons. The van der Waals surface area contributed by atoms with E-state index in [1.165, 1.54) is 11.1 Å². The number of hydrogen-bond donors (Lipinski definition) is 1. The number of hydrogen-bond acceptors (Lipinski definition) is 4. The van der Waals surface area contributed by atoms with Crippen LogP contribution in [-0.2, 0) is 17.6 Å². The average Bonchev–Trinajstić information content (AvgIpc) is 3.08. The smallest absolute Gasteiger partial charge is 0.157 e. The minimum atomic E-state index is 0.0730. The van der Waals surface area contributed by atoms with E-state index < -0.39 is 0 Å². The molecule has 0 saturated heterocycles. The zero-order valence-electron chi connectivity index (χ0n) is 13.2. The molecule has 1 atom stereocenters. The highest BCUT2D eigenvalue weighted by Gasteiger charge is 2.20. The van der Waals surface area contributed by atoms with Crippen molar-refractivity contribution >= 4 is 11.5 Å². The lowest BCUT2D eigenvalue weighted by atomic mass is 9.97. The van der Waals surface area contributed by atoms with E-state index in [1.807, 2.05) is 10.6 Å². The Hall–Kier alpha value is -2.40. The van der Waals surface area contributed by atoms with E-state index in [-0.39, 0.29) is 6.10 Å². The molecule has 1 aliphatic rings. The van der Waals surface area contributed by atoms with Crippen molar-refractivity contribution in [2.24, 2.45) is 0 Å². The van der Waals surface area contributed by atoms with Crippen LogP contribution in [0.5, 0.6) is 0 Å². The summed E-state index contributed by atoms with van der Waals surface area (Å²) in [6, 6.07) is 12.5.